The zero-order chi connectivity index (χ0) is 13.8. The van der Waals surface area contributed by atoms with Crippen LogP contribution in [0.3, 0.4) is 0 Å². The summed E-state index contributed by atoms with van der Waals surface area (Å²) >= 11 is 0. The molecule has 2 atom stereocenters. The van der Waals surface area contributed by atoms with Gasteiger partial charge in [0.05, 0.1) is 7.11 Å². The molecule has 0 amide bonds. The SMILES string of the molecule is COc1ccc(F)cc1C(C1CCCNC1)N(C)C. The summed E-state index contributed by atoms with van der Waals surface area (Å²) in [6.45, 7) is 2.06. The lowest BCUT2D eigenvalue weighted by Crippen LogP contribution is -2.38. The minimum Gasteiger partial charge on any atom is -0.496 e. The van der Waals surface area contributed by atoms with Crippen molar-refractivity contribution in [1.29, 1.82) is 0 Å². The smallest absolute Gasteiger partial charge is 0.123 e. The van der Waals surface area contributed by atoms with Gasteiger partial charge >= 0.3 is 0 Å². The molecule has 1 fully saturated rings. The zero-order valence-corrected chi connectivity index (χ0v) is 11.9. The number of ether oxygens (including phenoxy) is 1. The average Bonchev–Trinajstić information content (AvgIpc) is 2.40. The van der Waals surface area contributed by atoms with E-state index in [1.165, 1.54) is 12.5 Å². The second-order valence-electron chi connectivity index (χ2n) is 5.40. The van der Waals surface area contributed by atoms with Gasteiger partial charge in [-0.25, -0.2) is 4.39 Å². The highest BCUT2D eigenvalue weighted by Gasteiger charge is 2.29. The lowest BCUT2D eigenvalue weighted by molar-refractivity contribution is 0.177. The number of benzene rings is 1. The third kappa shape index (κ3) is 3.25. The van der Waals surface area contributed by atoms with Gasteiger partial charge in [-0.05, 0) is 64.1 Å². The van der Waals surface area contributed by atoms with Crippen molar-refractivity contribution < 1.29 is 9.13 Å². The van der Waals surface area contributed by atoms with Crippen LogP contribution in [-0.2, 0) is 0 Å². The first-order chi connectivity index (χ1) is 9.13. The van der Waals surface area contributed by atoms with Gasteiger partial charge < -0.3 is 15.0 Å². The normalized spacial score (nSPS) is 21.4. The quantitative estimate of drug-likeness (QED) is 0.906. The van der Waals surface area contributed by atoms with Crippen molar-refractivity contribution in [2.75, 3.05) is 34.3 Å². The highest BCUT2D eigenvalue weighted by Crippen LogP contribution is 2.36. The molecule has 1 saturated heterocycles. The third-order valence-corrected chi connectivity index (χ3v) is 3.85. The number of piperidine rings is 1. The number of halogens is 1. The second-order valence-corrected chi connectivity index (χ2v) is 5.40. The Morgan fingerprint density at radius 3 is 2.79 bits per heavy atom. The lowest BCUT2D eigenvalue weighted by atomic mass is 9.86. The van der Waals surface area contributed by atoms with E-state index in [0.717, 1.165) is 30.8 Å². The topological polar surface area (TPSA) is 24.5 Å². The predicted octanol–water partition coefficient (Wildman–Crippen LogP) is 2.44. The summed E-state index contributed by atoms with van der Waals surface area (Å²) in [5.74, 6) is 1.05. The minimum absolute atomic E-state index is 0.179. The molecular weight excluding hydrogens is 243 g/mol. The van der Waals surface area contributed by atoms with Gasteiger partial charge in [0.25, 0.3) is 0 Å². The van der Waals surface area contributed by atoms with Crippen molar-refractivity contribution >= 4 is 0 Å². The van der Waals surface area contributed by atoms with Crippen LogP contribution in [0.25, 0.3) is 0 Å². The van der Waals surface area contributed by atoms with Gasteiger partial charge in [0, 0.05) is 11.6 Å². The zero-order valence-electron chi connectivity index (χ0n) is 11.9. The molecule has 4 heteroatoms. The molecule has 2 unspecified atom stereocenters. The van der Waals surface area contributed by atoms with Crippen molar-refractivity contribution in [1.82, 2.24) is 10.2 Å². The molecule has 1 heterocycles. The number of hydrogen-bond donors (Lipinski definition) is 1. The molecule has 1 N–H and O–H groups in total. The molecule has 1 aliphatic rings. The molecule has 0 aromatic heterocycles. The molecular formula is C15H23FN2O. The molecule has 1 aromatic carbocycles. The van der Waals surface area contributed by atoms with Crippen LogP contribution < -0.4 is 10.1 Å². The summed E-state index contributed by atoms with van der Waals surface area (Å²) in [6, 6.07) is 4.96. The Morgan fingerprint density at radius 2 is 2.21 bits per heavy atom. The van der Waals surface area contributed by atoms with Crippen LogP contribution in [0.5, 0.6) is 5.75 Å². The van der Waals surface area contributed by atoms with Crippen LogP contribution in [0.15, 0.2) is 18.2 Å². The lowest BCUT2D eigenvalue weighted by Gasteiger charge is -2.36. The Balaban J connectivity index is 2.34. The largest absolute Gasteiger partial charge is 0.496 e. The predicted molar refractivity (Wildman–Crippen MR) is 75.0 cm³/mol. The van der Waals surface area contributed by atoms with E-state index in [9.17, 15) is 4.39 Å². The van der Waals surface area contributed by atoms with Crippen molar-refractivity contribution in [3.05, 3.63) is 29.6 Å². The summed E-state index contributed by atoms with van der Waals surface area (Å²) in [5, 5.41) is 3.43. The first-order valence-corrected chi connectivity index (χ1v) is 6.84. The number of rotatable bonds is 4. The molecule has 0 aliphatic carbocycles. The van der Waals surface area contributed by atoms with Crippen LogP contribution >= 0.6 is 0 Å². The van der Waals surface area contributed by atoms with Gasteiger partial charge in [0.15, 0.2) is 0 Å². The maximum Gasteiger partial charge on any atom is 0.123 e. The fourth-order valence-electron chi connectivity index (χ4n) is 3.04. The van der Waals surface area contributed by atoms with Crippen molar-refractivity contribution in [3.8, 4) is 5.75 Å². The maximum absolute atomic E-state index is 13.6. The van der Waals surface area contributed by atoms with E-state index in [1.807, 2.05) is 14.1 Å². The van der Waals surface area contributed by atoms with Crippen molar-refractivity contribution in [2.24, 2.45) is 5.92 Å². The van der Waals surface area contributed by atoms with Gasteiger partial charge in [-0.3, -0.25) is 0 Å². The van der Waals surface area contributed by atoms with Gasteiger partial charge in [0.1, 0.15) is 11.6 Å². The molecule has 106 valence electrons. The summed E-state index contributed by atoms with van der Waals surface area (Å²) in [6.07, 6.45) is 2.34. The molecule has 19 heavy (non-hydrogen) atoms. The summed E-state index contributed by atoms with van der Waals surface area (Å²) < 4.78 is 19.0. The molecule has 0 radical (unpaired) electrons. The average molecular weight is 266 g/mol. The Labute approximate surface area is 114 Å². The van der Waals surface area contributed by atoms with Crippen molar-refractivity contribution in [2.45, 2.75) is 18.9 Å². The fourth-order valence-corrected chi connectivity index (χ4v) is 3.04. The van der Waals surface area contributed by atoms with E-state index in [1.54, 1.807) is 19.2 Å². The molecule has 0 bridgehead atoms. The van der Waals surface area contributed by atoms with Gasteiger partial charge in [-0.1, -0.05) is 0 Å². The standard InChI is InChI=1S/C15H23FN2O/c1-18(2)15(11-5-4-8-17-10-11)13-9-12(16)6-7-14(13)19-3/h6-7,9,11,15,17H,4-5,8,10H2,1-3H3. The Kier molecular flexibility index (Phi) is 4.77. The molecule has 3 nitrogen and oxygen atoms in total. The highest BCUT2D eigenvalue weighted by atomic mass is 19.1. The van der Waals surface area contributed by atoms with Crippen LogP contribution in [0.2, 0.25) is 0 Å². The van der Waals surface area contributed by atoms with Gasteiger partial charge in [-0.2, -0.15) is 0 Å². The van der Waals surface area contributed by atoms with Gasteiger partial charge in [0.2, 0.25) is 0 Å². The van der Waals surface area contributed by atoms with Crippen LogP contribution in [0, 0.1) is 11.7 Å². The molecule has 1 aliphatic heterocycles. The minimum atomic E-state index is -0.202. The maximum atomic E-state index is 13.6. The fraction of sp³-hybridized carbons (Fsp3) is 0.600. The first kappa shape index (κ1) is 14.3. The van der Waals surface area contributed by atoms with E-state index in [4.69, 9.17) is 4.74 Å². The molecule has 0 spiro atoms. The Hall–Kier alpha value is -1.13. The molecule has 1 aromatic rings. The van der Waals surface area contributed by atoms with Crippen LogP contribution in [0.4, 0.5) is 4.39 Å². The van der Waals surface area contributed by atoms with Crippen LogP contribution in [0.1, 0.15) is 24.4 Å². The first-order valence-electron chi connectivity index (χ1n) is 6.84. The number of hydrogen-bond acceptors (Lipinski definition) is 3. The van der Waals surface area contributed by atoms with E-state index in [0.29, 0.717) is 5.92 Å². The van der Waals surface area contributed by atoms with Crippen LogP contribution in [-0.4, -0.2) is 39.2 Å². The van der Waals surface area contributed by atoms with Crippen molar-refractivity contribution in [3.63, 3.8) is 0 Å². The number of nitrogens with zero attached hydrogens (tertiary/aromatic N) is 1. The monoisotopic (exact) mass is 266 g/mol. The van der Waals surface area contributed by atoms with E-state index < -0.39 is 0 Å². The summed E-state index contributed by atoms with van der Waals surface area (Å²) in [4.78, 5) is 2.16. The summed E-state index contributed by atoms with van der Waals surface area (Å²) in [7, 11) is 5.73. The third-order valence-electron chi connectivity index (χ3n) is 3.85. The summed E-state index contributed by atoms with van der Waals surface area (Å²) in [5.41, 5.74) is 0.946. The highest BCUT2D eigenvalue weighted by molar-refractivity contribution is 5.37. The van der Waals surface area contributed by atoms with E-state index in [2.05, 4.69) is 10.2 Å². The number of methoxy groups -OCH3 is 1. The number of nitrogens with one attached hydrogen (secondary N) is 1. The Morgan fingerprint density at radius 1 is 1.42 bits per heavy atom. The van der Waals surface area contributed by atoms with E-state index in [-0.39, 0.29) is 11.9 Å². The Bertz CT molecular complexity index is 417. The molecule has 0 saturated carbocycles. The van der Waals surface area contributed by atoms with Gasteiger partial charge in [-0.15, -0.1) is 0 Å². The molecule has 2 rings (SSSR count). The second kappa shape index (κ2) is 6.35. The van der Waals surface area contributed by atoms with E-state index >= 15 is 0 Å².